The van der Waals surface area contributed by atoms with E-state index in [4.69, 9.17) is 30.5 Å². The van der Waals surface area contributed by atoms with Gasteiger partial charge in [-0.1, -0.05) is 58.4 Å². The number of halogens is 1. The maximum Gasteiger partial charge on any atom is 0.323 e. The summed E-state index contributed by atoms with van der Waals surface area (Å²) in [7, 11) is 1.59. The minimum Gasteiger partial charge on any atom is -0.482 e. The number of carbonyl (C=O) groups excluding carboxylic acids is 3. The second-order valence-electron chi connectivity index (χ2n) is 14.2. The SMILES string of the molecule is COCCOCCOCC(=O)Nc1ccc(NC(=O)Nc2ccccc2OCC(=O)NC(C)(C)C(C)(C)c2nnc3c(Cl)c(C(C)(C)C)[nH]n23)cc1. The molecule has 16 heteroatoms. The Morgan fingerprint density at radius 1 is 0.788 bits per heavy atom. The number of urea groups is 1. The quantitative estimate of drug-likeness (QED) is 0.0871. The molecule has 0 aliphatic heterocycles. The Balaban J connectivity index is 1.28. The van der Waals surface area contributed by atoms with Gasteiger partial charge in [0.1, 0.15) is 17.4 Å². The first-order chi connectivity index (χ1) is 24.5. The van der Waals surface area contributed by atoms with Gasteiger partial charge in [-0.25, -0.2) is 9.31 Å². The number of methoxy groups -OCH3 is 1. The third-order valence-corrected chi connectivity index (χ3v) is 8.94. The Bertz CT molecular complexity index is 1830. The number of carbonyl (C=O) groups is 3. The number of benzene rings is 2. The predicted octanol–water partition coefficient (Wildman–Crippen LogP) is 5.52. The Morgan fingerprint density at radius 2 is 1.42 bits per heavy atom. The Hall–Kier alpha value is -4.70. The third-order valence-electron chi connectivity index (χ3n) is 8.58. The zero-order valence-corrected chi connectivity index (χ0v) is 31.7. The largest absolute Gasteiger partial charge is 0.482 e. The van der Waals surface area contributed by atoms with Gasteiger partial charge in [0.25, 0.3) is 5.91 Å². The Morgan fingerprint density at radius 3 is 2.10 bits per heavy atom. The van der Waals surface area contributed by atoms with Gasteiger partial charge < -0.3 is 40.2 Å². The number of rotatable bonds is 17. The van der Waals surface area contributed by atoms with Crippen molar-refractivity contribution in [2.45, 2.75) is 64.8 Å². The van der Waals surface area contributed by atoms with Crippen LogP contribution in [0.25, 0.3) is 5.65 Å². The molecule has 0 radical (unpaired) electrons. The normalized spacial score (nSPS) is 12.1. The molecule has 5 N–H and O–H groups in total. The van der Waals surface area contributed by atoms with Gasteiger partial charge in [-0.15, -0.1) is 10.2 Å². The van der Waals surface area contributed by atoms with Crippen molar-refractivity contribution in [3.8, 4) is 5.75 Å². The number of amides is 4. The fourth-order valence-corrected chi connectivity index (χ4v) is 5.46. The van der Waals surface area contributed by atoms with Crippen LogP contribution in [0.2, 0.25) is 5.02 Å². The van der Waals surface area contributed by atoms with Gasteiger partial charge in [-0.3, -0.25) is 14.7 Å². The molecule has 282 valence electrons. The molecule has 0 saturated heterocycles. The third kappa shape index (κ3) is 10.2. The van der Waals surface area contributed by atoms with Gasteiger partial charge in [0.05, 0.1) is 37.8 Å². The number of ether oxygens (including phenoxy) is 4. The van der Waals surface area contributed by atoms with Crippen molar-refractivity contribution in [3.63, 3.8) is 0 Å². The van der Waals surface area contributed by atoms with Crippen LogP contribution in [0.1, 0.15) is 60.0 Å². The average molecular weight is 741 g/mol. The van der Waals surface area contributed by atoms with Gasteiger partial charge in [0.15, 0.2) is 18.1 Å². The van der Waals surface area contributed by atoms with Crippen molar-refractivity contribution in [3.05, 3.63) is 65.1 Å². The molecule has 0 spiro atoms. The van der Waals surface area contributed by atoms with Crippen molar-refractivity contribution in [2.75, 3.05) is 62.7 Å². The monoisotopic (exact) mass is 740 g/mol. The number of hydrogen-bond acceptors (Lipinski definition) is 9. The molecular formula is C36H49ClN8O7. The molecule has 4 aromatic rings. The van der Waals surface area contributed by atoms with Crippen LogP contribution in [0.4, 0.5) is 21.9 Å². The summed E-state index contributed by atoms with van der Waals surface area (Å²) in [5, 5.41) is 23.9. The molecule has 0 unspecified atom stereocenters. The number of para-hydroxylation sites is 2. The molecule has 4 amide bonds. The molecule has 0 aliphatic carbocycles. The van der Waals surface area contributed by atoms with Crippen molar-refractivity contribution in [1.82, 2.24) is 25.1 Å². The van der Waals surface area contributed by atoms with Crippen LogP contribution in [0.3, 0.4) is 0 Å². The van der Waals surface area contributed by atoms with E-state index in [0.29, 0.717) is 59.1 Å². The Labute approximate surface area is 308 Å². The van der Waals surface area contributed by atoms with Gasteiger partial charge in [-0.2, -0.15) is 0 Å². The lowest BCUT2D eigenvalue weighted by molar-refractivity contribution is -0.125. The van der Waals surface area contributed by atoms with E-state index in [2.05, 4.69) is 57.3 Å². The van der Waals surface area contributed by atoms with E-state index in [9.17, 15) is 14.4 Å². The summed E-state index contributed by atoms with van der Waals surface area (Å²) in [4.78, 5) is 38.3. The van der Waals surface area contributed by atoms with Crippen LogP contribution in [-0.4, -0.2) is 89.9 Å². The molecule has 52 heavy (non-hydrogen) atoms. The summed E-state index contributed by atoms with van der Waals surface area (Å²) in [6, 6.07) is 12.9. The highest BCUT2D eigenvalue weighted by Crippen LogP contribution is 2.37. The summed E-state index contributed by atoms with van der Waals surface area (Å²) in [5.74, 6) is 0.221. The van der Waals surface area contributed by atoms with Crippen LogP contribution < -0.4 is 26.0 Å². The molecule has 0 atom stereocenters. The van der Waals surface area contributed by atoms with Crippen molar-refractivity contribution in [1.29, 1.82) is 0 Å². The summed E-state index contributed by atoms with van der Waals surface area (Å²) < 4.78 is 23.1. The standard InChI is InChI=1S/C36H49ClN8O7/c1-34(2,3)30-29(37)31-42-43-32(45(31)44-30)35(4,5)36(6,7)41-28(47)22-52-26-12-10-9-11-25(26)40-33(48)39-24-15-13-23(14-16-24)38-27(46)21-51-20-19-50-18-17-49-8/h9-16,44H,17-22H2,1-8H3,(H,38,46)(H,41,47)(H2,39,40,48). The van der Waals surface area contributed by atoms with E-state index in [1.807, 2.05) is 27.7 Å². The molecule has 2 heterocycles. The van der Waals surface area contributed by atoms with E-state index in [-0.39, 0.29) is 37.0 Å². The highest BCUT2D eigenvalue weighted by Gasteiger charge is 2.44. The minimum atomic E-state index is -0.806. The number of aromatic nitrogens is 4. The first kappa shape index (κ1) is 40.1. The topological polar surface area (TPSA) is 182 Å². The van der Waals surface area contributed by atoms with E-state index < -0.39 is 17.0 Å². The van der Waals surface area contributed by atoms with E-state index in [1.165, 1.54) is 0 Å². The van der Waals surface area contributed by atoms with Gasteiger partial charge in [0.2, 0.25) is 5.91 Å². The maximum absolute atomic E-state index is 13.2. The summed E-state index contributed by atoms with van der Waals surface area (Å²) in [6.07, 6.45) is 0. The second kappa shape index (κ2) is 17.2. The van der Waals surface area contributed by atoms with Gasteiger partial charge in [-0.05, 0) is 50.2 Å². The highest BCUT2D eigenvalue weighted by molar-refractivity contribution is 6.34. The number of nitrogens with zero attached hydrogens (tertiary/aromatic N) is 3. The summed E-state index contributed by atoms with van der Waals surface area (Å²) >= 11 is 6.65. The smallest absolute Gasteiger partial charge is 0.323 e. The predicted molar refractivity (Wildman–Crippen MR) is 199 cm³/mol. The fraction of sp³-hybridized carbons (Fsp3) is 0.472. The number of H-pyrrole nitrogens is 1. The van der Waals surface area contributed by atoms with Crippen LogP contribution in [0.5, 0.6) is 5.75 Å². The van der Waals surface area contributed by atoms with Crippen molar-refractivity contribution in [2.24, 2.45) is 0 Å². The molecular weight excluding hydrogens is 692 g/mol. The molecule has 4 rings (SSSR count). The number of hydrogen-bond donors (Lipinski definition) is 5. The molecule has 0 saturated carbocycles. The van der Waals surface area contributed by atoms with Gasteiger partial charge in [0, 0.05) is 34.9 Å². The van der Waals surface area contributed by atoms with Crippen LogP contribution in [-0.2, 0) is 34.6 Å². The molecule has 15 nitrogen and oxygen atoms in total. The number of anilines is 3. The van der Waals surface area contributed by atoms with Gasteiger partial charge >= 0.3 is 6.03 Å². The highest BCUT2D eigenvalue weighted by atomic mass is 35.5. The maximum atomic E-state index is 13.2. The molecule has 2 aromatic heterocycles. The first-order valence-corrected chi connectivity index (χ1v) is 17.2. The van der Waals surface area contributed by atoms with Crippen LogP contribution in [0, 0.1) is 0 Å². The van der Waals surface area contributed by atoms with E-state index in [1.54, 1.807) is 60.2 Å². The second-order valence-corrected chi connectivity index (χ2v) is 14.6. The number of aromatic amines is 1. The van der Waals surface area contributed by atoms with Crippen molar-refractivity contribution < 1.29 is 33.3 Å². The minimum absolute atomic E-state index is 0.122. The zero-order valence-electron chi connectivity index (χ0n) is 30.9. The van der Waals surface area contributed by atoms with Crippen LogP contribution in [0.15, 0.2) is 48.5 Å². The zero-order chi connectivity index (χ0) is 38.1. The Kier molecular flexibility index (Phi) is 13.3. The molecule has 0 fully saturated rings. The van der Waals surface area contributed by atoms with Crippen molar-refractivity contribution >= 4 is 52.2 Å². The lowest BCUT2D eigenvalue weighted by Crippen LogP contribution is -2.57. The molecule has 0 bridgehead atoms. The van der Waals surface area contributed by atoms with Crippen LogP contribution >= 0.6 is 11.6 Å². The summed E-state index contributed by atoms with van der Waals surface area (Å²) in [5.41, 5.74) is 0.999. The number of nitrogens with one attached hydrogen (secondary N) is 5. The number of fused-ring (bicyclic) bond motifs is 1. The average Bonchev–Trinajstić information content (AvgIpc) is 3.65. The van der Waals surface area contributed by atoms with E-state index in [0.717, 1.165) is 5.69 Å². The molecule has 2 aromatic carbocycles. The lowest BCUT2D eigenvalue weighted by atomic mass is 9.73. The fourth-order valence-electron chi connectivity index (χ4n) is 5.01. The first-order valence-electron chi connectivity index (χ1n) is 16.8. The van der Waals surface area contributed by atoms with E-state index >= 15 is 0 Å². The lowest BCUT2D eigenvalue weighted by Gasteiger charge is -2.40. The summed E-state index contributed by atoms with van der Waals surface area (Å²) in [6.45, 7) is 15.1. The molecule has 0 aliphatic rings.